The van der Waals surface area contributed by atoms with E-state index in [9.17, 15) is 9.59 Å². The number of nitrogen functional groups attached to an aromatic ring is 1. The quantitative estimate of drug-likeness (QED) is 0.140. The Balaban J connectivity index is 1.30. The van der Waals surface area contributed by atoms with Crippen LogP contribution in [0.15, 0.2) is 47.4 Å². The van der Waals surface area contributed by atoms with Crippen LogP contribution in [0.4, 0.5) is 11.4 Å². The molecule has 0 aromatic heterocycles. The number of amidine groups is 1. The van der Waals surface area contributed by atoms with Crippen molar-refractivity contribution in [1.29, 1.82) is 5.41 Å². The van der Waals surface area contributed by atoms with E-state index >= 15 is 0 Å². The first-order valence-electron chi connectivity index (χ1n) is 16.4. The zero-order valence-corrected chi connectivity index (χ0v) is 26.8. The summed E-state index contributed by atoms with van der Waals surface area (Å²) in [6, 6.07) is 14.8. The summed E-state index contributed by atoms with van der Waals surface area (Å²) in [5.74, 6) is 0.580. The monoisotopic (exact) mass is 603 g/mol. The summed E-state index contributed by atoms with van der Waals surface area (Å²) in [5, 5.41) is 10.6. The molecule has 7 nitrogen and oxygen atoms in total. The molecular weight excluding hydrogens is 554 g/mol. The normalized spacial score (nSPS) is 23.2. The zero-order chi connectivity index (χ0) is 30.3. The number of piperidine rings is 1. The number of hydrogen-bond acceptors (Lipinski definition) is 5. The molecule has 8 heteroatoms. The van der Waals surface area contributed by atoms with Gasteiger partial charge in [-0.05, 0) is 94.7 Å². The smallest absolute Gasteiger partial charge is 0.245 e. The first-order chi connectivity index (χ1) is 20.8. The summed E-state index contributed by atoms with van der Waals surface area (Å²) >= 11 is 1.54. The van der Waals surface area contributed by atoms with E-state index < -0.39 is 5.25 Å². The number of hydrogen-bond donors (Lipinski definition) is 3. The molecule has 2 fully saturated rings. The molecule has 4 N–H and O–H groups in total. The van der Waals surface area contributed by atoms with Crippen molar-refractivity contribution in [3.8, 4) is 0 Å². The molecule has 2 aliphatic heterocycles. The van der Waals surface area contributed by atoms with Crippen LogP contribution in [0.3, 0.4) is 0 Å². The van der Waals surface area contributed by atoms with Gasteiger partial charge >= 0.3 is 0 Å². The molecule has 2 heterocycles. The van der Waals surface area contributed by atoms with E-state index in [1.807, 2.05) is 47.4 Å². The minimum atomic E-state index is -0.409. The largest absolute Gasteiger partial charge is 0.384 e. The predicted molar refractivity (Wildman–Crippen MR) is 178 cm³/mol. The second-order valence-corrected chi connectivity index (χ2v) is 14.0. The van der Waals surface area contributed by atoms with Crippen LogP contribution >= 0.6 is 11.8 Å². The molecule has 43 heavy (non-hydrogen) atoms. The van der Waals surface area contributed by atoms with Crippen molar-refractivity contribution in [1.82, 2.24) is 4.90 Å². The average molecular weight is 604 g/mol. The third-order valence-corrected chi connectivity index (χ3v) is 11.0. The number of anilines is 2. The van der Waals surface area contributed by atoms with E-state index in [-0.39, 0.29) is 17.6 Å². The topological polar surface area (TPSA) is 103 Å². The van der Waals surface area contributed by atoms with E-state index in [2.05, 4.69) is 24.1 Å². The van der Waals surface area contributed by atoms with Crippen LogP contribution in [0, 0.1) is 11.3 Å². The van der Waals surface area contributed by atoms with Gasteiger partial charge in [0.15, 0.2) is 0 Å². The lowest BCUT2D eigenvalue weighted by Crippen LogP contribution is -2.44. The summed E-state index contributed by atoms with van der Waals surface area (Å²) < 4.78 is 0. The highest BCUT2D eigenvalue weighted by Gasteiger charge is 2.35. The molecule has 0 spiro atoms. The minimum Gasteiger partial charge on any atom is -0.384 e. The molecule has 1 saturated carbocycles. The van der Waals surface area contributed by atoms with Gasteiger partial charge in [0, 0.05) is 41.2 Å². The average Bonchev–Trinajstić information content (AvgIpc) is 2.99. The second-order valence-electron chi connectivity index (χ2n) is 12.9. The van der Waals surface area contributed by atoms with Gasteiger partial charge in [-0.1, -0.05) is 50.3 Å². The zero-order valence-electron chi connectivity index (χ0n) is 25.9. The Hall–Kier alpha value is -2.84. The maximum absolute atomic E-state index is 14.1. The Morgan fingerprint density at radius 2 is 1.70 bits per heavy atom. The number of rotatable bonds is 11. The third kappa shape index (κ3) is 8.01. The molecule has 2 aromatic rings. The van der Waals surface area contributed by atoms with Crippen molar-refractivity contribution in [3.05, 3.63) is 53.6 Å². The molecule has 0 bridgehead atoms. The van der Waals surface area contributed by atoms with Crippen molar-refractivity contribution in [2.24, 2.45) is 11.7 Å². The summed E-state index contributed by atoms with van der Waals surface area (Å²) in [4.78, 5) is 32.6. The van der Waals surface area contributed by atoms with E-state index in [0.717, 1.165) is 60.5 Å². The second kappa shape index (κ2) is 14.8. The van der Waals surface area contributed by atoms with Crippen molar-refractivity contribution in [3.63, 3.8) is 0 Å². The highest BCUT2D eigenvalue weighted by Crippen LogP contribution is 2.47. The molecule has 1 saturated heterocycles. The number of amides is 2. The Kier molecular flexibility index (Phi) is 10.8. The molecular formula is C35H49N5O2S. The minimum absolute atomic E-state index is 0.00156. The number of benzene rings is 2. The molecule has 1 aliphatic carbocycles. The molecule has 3 aliphatic rings. The number of nitrogens with zero attached hydrogens (tertiary/aromatic N) is 2. The van der Waals surface area contributed by atoms with Gasteiger partial charge in [-0.3, -0.25) is 19.9 Å². The Labute approximate surface area is 261 Å². The van der Waals surface area contributed by atoms with Crippen LogP contribution in [0.25, 0.3) is 0 Å². The van der Waals surface area contributed by atoms with Gasteiger partial charge in [0.2, 0.25) is 11.8 Å². The van der Waals surface area contributed by atoms with Crippen molar-refractivity contribution in [2.75, 3.05) is 23.3 Å². The summed E-state index contributed by atoms with van der Waals surface area (Å²) in [5.41, 5.74) is 8.89. The molecule has 2 aromatic carbocycles. The fourth-order valence-electron chi connectivity index (χ4n) is 7.18. The van der Waals surface area contributed by atoms with Gasteiger partial charge in [-0.15, -0.1) is 11.8 Å². The summed E-state index contributed by atoms with van der Waals surface area (Å²) in [6.07, 6.45) is 13.6. The molecule has 1 unspecified atom stereocenters. The lowest BCUT2D eigenvalue weighted by atomic mass is 9.87. The summed E-state index contributed by atoms with van der Waals surface area (Å²) in [7, 11) is 0. The van der Waals surface area contributed by atoms with Crippen molar-refractivity contribution in [2.45, 2.75) is 113 Å². The van der Waals surface area contributed by atoms with Gasteiger partial charge in [-0.2, -0.15) is 0 Å². The Morgan fingerprint density at radius 3 is 2.44 bits per heavy atom. The van der Waals surface area contributed by atoms with Gasteiger partial charge in [-0.25, -0.2) is 0 Å². The van der Waals surface area contributed by atoms with Crippen LogP contribution < -0.4 is 16.0 Å². The number of thioether (sulfide) groups is 1. The van der Waals surface area contributed by atoms with Gasteiger partial charge in [0.05, 0.1) is 5.69 Å². The highest BCUT2D eigenvalue weighted by molar-refractivity contribution is 8.00. The first kappa shape index (κ1) is 31.6. The maximum atomic E-state index is 14.1. The molecule has 5 rings (SSSR count). The Bertz CT molecular complexity index is 1280. The van der Waals surface area contributed by atoms with Gasteiger partial charge in [0.1, 0.15) is 11.1 Å². The number of likely N-dealkylation sites (tertiary alicyclic amines) is 1. The highest BCUT2D eigenvalue weighted by atomic mass is 32.2. The van der Waals surface area contributed by atoms with Crippen molar-refractivity contribution < 1.29 is 9.59 Å². The lowest BCUT2D eigenvalue weighted by Gasteiger charge is -2.39. The predicted octanol–water partition coefficient (Wildman–Crippen LogP) is 7.49. The maximum Gasteiger partial charge on any atom is 0.245 e. The van der Waals surface area contributed by atoms with E-state index in [0.29, 0.717) is 36.5 Å². The van der Waals surface area contributed by atoms with Crippen LogP contribution in [0.2, 0.25) is 0 Å². The third-order valence-electron chi connectivity index (χ3n) is 9.64. The fraction of sp³-hybridized carbons (Fsp3) is 0.571. The number of unbranched alkanes of at least 4 members (excludes halogenated alkanes) is 2. The number of nitrogens with two attached hydrogens (primary N) is 1. The van der Waals surface area contributed by atoms with E-state index in [4.69, 9.17) is 11.1 Å². The summed E-state index contributed by atoms with van der Waals surface area (Å²) in [6.45, 7) is 6.45. The van der Waals surface area contributed by atoms with Crippen LogP contribution in [-0.4, -0.2) is 47.7 Å². The SMILES string of the molecule is C[C@@H]1CCC[C@H](C)N1CCCCCN1C(=O)C(c2cccc(C(=N)N)c2)Sc2ccc(NC(=O)CC3CCCCC3)cc21. The molecule has 232 valence electrons. The van der Waals surface area contributed by atoms with Crippen LogP contribution in [-0.2, 0) is 9.59 Å². The fourth-order valence-corrected chi connectivity index (χ4v) is 8.38. The van der Waals surface area contributed by atoms with E-state index in [1.165, 1.54) is 50.3 Å². The standard InChI is InChI=1S/C35H49N5O2S/c1-24-11-9-12-25(2)39(24)19-7-4-8-20-40-30-23-29(38-32(41)21-26-13-5-3-6-14-26)17-18-31(30)43-33(35(40)42)27-15-10-16-28(22-27)34(36)37/h10,15-18,22-26,33H,3-9,11-14,19-21H2,1-2H3,(H3,36,37)(H,38,41)/t24-,25+,33?. The molecule has 0 radical (unpaired) electrons. The number of carbonyl (C=O) groups excluding carboxylic acids is 2. The number of fused-ring (bicyclic) bond motifs is 1. The van der Waals surface area contributed by atoms with Crippen LogP contribution in [0.1, 0.15) is 107 Å². The van der Waals surface area contributed by atoms with Gasteiger partial charge in [0.25, 0.3) is 0 Å². The number of nitrogens with one attached hydrogen (secondary N) is 2. The lowest BCUT2D eigenvalue weighted by molar-refractivity contribution is -0.118. The van der Waals surface area contributed by atoms with Crippen LogP contribution in [0.5, 0.6) is 0 Å². The first-order valence-corrected chi connectivity index (χ1v) is 17.3. The van der Waals surface area contributed by atoms with Crippen molar-refractivity contribution >= 4 is 40.8 Å². The molecule has 3 atom stereocenters. The Morgan fingerprint density at radius 1 is 0.953 bits per heavy atom. The number of carbonyl (C=O) groups is 2. The van der Waals surface area contributed by atoms with E-state index in [1.54, 1.807) is 0 Å². The molecule has 2 amide bonds. The van der Waals surface area contributed by atoms with Gasteiger partial charge < -0.3 is 16.0 Å².